The van der Waals surface area contributed by atoms with Crippen LogP contribution >= 0.6 is 0 Å². The first-order valence-electron chi connectivity index (χ1n) is 10.3. The van der Waals surface area contributed by atoms with Crippen LogP contribution in [0.2, 0.25) is 0 Å². The molecule has 156 valence electrons. The minimum Gasteiger partial charge on any atom is -0.461 e. The van der Waals surface area contributed by atoms with Crippen molar-refractivity contribution in [3.63, 3.8) is 0 Å². The zero-order valence-electron chi connectivity index (χ0n) is 17.9. The number of ether oxygens (including phenoxy) is 1. The summed E-state index contributed by atoms with van der Waals surface area (Å²) >= 11 is 0. The third kappa shape index (κ3) is 4.89. The Labute approximate surface area is 174 Å². The maximum atomic E-state index is 11.1. The summed E-state index contributed by atoms with van der Waals surface area (Å²) in [5, 5.41) is 11.1. The molecule has 0 bridgehead atoms. The van der Waals surface area contributed by atoms with E-state index in [4.69, 9.17) is 9.15 Å². The van der Waals surface area contributed by atoms with Crippen molar-refractivity contribution >= 4 is 0 Å². The number of aryl methyl sites for hydroxylation is 1. The van der Waals surface area contributed by atoms with Gasteiger partial charge >= 0.3 is 0 Å². The monoisotopic (exact) mass is 395 g/mol. The summed E-state index contributed by atoms with van der Waals surface area (Å²) in [6.45, 7) is 16.8. The highest BCUT2D eigenvalue weighted by atomic mass is 16.5. The van der Waals surface area contributed by atoms with Gasteiger partial charge in [0.05, 0.1) is 12.6 Å². The lowest BCUT2D eigenvalue weighted by Gasteiger charge is -2.27. The van der Waals surface area contributed by atoms with Crippen molar-refractivity contribution in [1.82, 2.24) is 4.90 Å². The van der Waals surface area contributed by atoms with Gasteiger partial charge in [-0.3, -0.25) is 4.90 Å². The Hall–Kier alpha value is -2.14. The summed E-state index contributed by atoms with van der Waals surface area (Å²) in [4.78, 5) is 2.36. The molecule has 4 heteroatoms. The van der Waals surface area contributed by atoms with Crippen LogP contribution in [0.4, 0.5) is 0 Å². The number of furan rings is 1. The number of hydrogen-bond donors (Lipinski definition) is 1. The van der Waals surface area contributed by atoms with Gasteiger partial charge in [0.15, 0.2) is 5.60 Å². The Balaban J connectivity index is 1.80. The van der Waals surface area contributed by atoms with Crippen LogP contribution in [-0.4, -0.2) is 29.3 Å². The van der Waals surface area contributed by atoms with Crippen LogP contribution in [-0.2, 0) is 23.4 Å². The summed E-state index contributed by atoms with van der Waals surface area (Å²) in [5.41, 5.74) is 2.44. The maximum Gasteiger partial charge on any atom is 0.163 e. The van der Waals surface area contributed by atoms with Crippen molar-refractivity contribution in [2.24, 2.45) is 0 Å². The lowest BCUT2D eigenvalue weighted by molar-refractivity contribution is 0.0623. The first-order valence-corrected chi connectivity index (χ1v) is 10.3. The van der Waals surface area contributed by atoms with Crippen LogP contribution in [0.3, 0.4) is 0 Å². The molecule has 0 unspecified atom stereocenters. The summed E-state index contributed by atoms with van der Waals surface area (Å²) in [7, 11) is 0. The van der Waals surface area contributed by atoms with Gasteiger partial charge in [0, 0.05) is 19.7 Å². The molecule has 1 aliphatic rings. The highest BCUT2D eigenvalue weighted by Crippen LogP contribution is 2.36. The molecule has 3 rings (SSSR count). The van der Waals surface area contributed by atoms with Crippen LogP contribution in [0, 0.1) is 6.92 Å². The van der Waals surface area contributed by atoms with Crippen LogP contribution < -0.4 is 0 Å². The standard InChI is InChI=1S/C25H33NO3/c1-18(2)25(27,19(3)4)24-13-12-23(29-24)17-26(16-22-11-8-14-28-22)15-21-10-7-6-9-20(21)5/h6-7,9-10,12-13,22,27H,1,3,8,11,14-17H2,2,4-5H3/t22-/m0/s1. The maximum absolute atomic E-state index is 11.1. The van der Waals surface area contributed by atoms with E-state index in [2.05, 4.69) is 49.2 Å². The van der Waals surface area contributed by atoms with Gasteiger partial charge in [-0.15, -0.1) is 0 Å². The third-order valence-corrected chi connectivity index (χ3v) is 5.77. The fraction of sp³-hybridized carbons (Fsp3) is 0.440. The van der Waals surface area contributed by atoms with Gasteiger partial charge in [0.25, 0.3) is 0 Å². The normalized spacial score (nSPS) is 17.1. The molecule has 4 nitrogen and oxygen atoms in total. The van der Waals surface area contributed by atoms with Crippen LogP contribution in [0.5, 0.6) is 0 Å². The summed E-state index contributed by atoms with van der Waals surface area (Å²) in [6, 6.07) is 12.2. The van der Waals surface area contributed by atoms with E-state index < -0.39 is 5.60 Å². The second-order valence-electron chi connectivity index (χ2n) is 8.27. The minimum atomic E-state index is -1.34. The Kier molecular flexibility index (Phi) is 6.78. The smallest absolute Gasteiger partial charge is 0.163 e. The molecule has 0 radical (unpaired) electrons. The van der Waals surface area contributed by atoms with Crippen molar-refractivity contribution in [3.8, 4) is 0 Å². The topological polar surface area (TPSA) is 45.8 Å². The Morgan fingerprint density at radius 3 is 2.48 bits per heavy atom. The molecular weight excluding hydrogens is 362 g/mol. The zero-order valence-corrected chi connectivity index (χ0v) is 17.9. The van der Waals surface area contributed by atoms with E-state index in [1.54, 1.807) is 13.8 Å². The van der Waals surface area contributed by atoms with E-state index in [0.717, 1.165) is 38.3 Å². The minimum absolute atomic E-state index is 0.260. The molecule has 29 heavy (non-hydrogen) atoms. The summed E-state index contributed by atoms with van der Waals surface area (Å²) in [5.74, 6) is 1.29. The molecule has 1 saturated heterocycles. The SMILES string of the molecule is C=C(C)C(O)(C(=C)C)c1ccc(CN(Cc2ccccc2C)C[C@@H]2CCCO2)o1. The molecule has 1 fully saturated rings. The number of nitrogens with zero attached hydrogens (tertiary/aromatic N) is 1. The van der Waals surface area contributed by atoms with Gasteiger partial charge in [-0.25, -0.2) is 0 Å². The zero-order chi connectivity index (χ0) is 21.0. The van der Waals surface area contributed by atoms with E-state index in [-0.39, 0.29) is 6.10 Å². The first-order chi connectivity index (χ1) is 13.8. The lowest BCUT2D eigenvalue weighted by Crippen LogP contribution is -2.31. The van der Waals surface area contributed by atoms with E-state index in [1.807, 2.05) is 12.1 Å². The first kappa shape index (κ1) is 21.6. The Morgan fingerprint density at radius 2 is 1.86 bits per heavy atom. The molecule has 0 amide bonds. The Bertz CT molecular complexity index is 846. The molecule has 1 atom stereocenters. The molecule has 2 heterocycles. The van der Waals surface area contributed by atoms with E-state index in [1.165, 1.54) is 11.1 Å². The molecular formula is C25H33NO3. The van der Waals surface area contributed by atoms with Crippen LogP contribution in [0.1, 0.15) is 49.3 Å². The van der Waals surface area contributed by atoms with Crippen LogP contribution in [0.15, 0.2) is 65.1 Å². The second kappa shape index (κ2) is 9.12. The van der Waals surface area contributed by atoms with E-state index in [0.29, 0.717) is 23.5 Å². The second-order valence-corrected chi connectivity index (χ2v) is 8.27. The fourth-order valence-corrected chi connectivity index (χ4v) is 3.95. The molecule has 1 aromatic carbocycles. The van der Waals surface area contributed by atoms with Gasteiger partial charge in [-0.1, -0.05) is 37.4 Å². The van der Waals surface area contributed by atoms with Gasteiger partial charge < -0.3 is 14.3 Å². The highest BCUT2D eigenvalue weighted by molar-refractivity contribution is 5.35. The Morgan fingerprint density at radius 1 is 1.14 bits per heavy atom. The van der Waals surface area contributed by atoms with Gasteiger partial charge in [-0.05, 0) is 68.0 Å². The molecule has 0 aliphatic carbocycles. The lowest BCUT2D eigenvalue weighted by atomic mass is 9.87. The predicted molar refractivity (Wildman–Crippen MR) is 116 cm³/mol. The van der Waals surface area contributed by atoms with Gasteiger partial charge in [0.2, 0.25) is 0 Å². The number of benzene rings is 1. The quantitative estimate of drug-likeness (QED) is 0.600. The molecule has 1 aliphatic heterocycles. The molecule has 0 spiro atoms. The van der Waals surface area contributed by atoms with Crippen LogP contribution in [0.25, 0.3) is 0 Å². The third-order valence-electron chi connectivity index (χ3n) is 5.77. The fourth-order valence-electron chi connectivity index (χ4n) is 3.95. The van der Waals surface area contributed by atoms with E-state index >= 15 is 0 Å². The highest BCUT2D eigenvalue weighted by Gasteiger charge is 2.35. The molecule has 2 aromatic rings. The number of rotatable bonds is 9. The van der Waals surface area contributed by atoms with Gasteiger partial charge in [0.1, 0.15) is 11.5 Å². The molecule has 0 saturated carbocycles. The van der Waals surface area contributed by atoms with Crippen molar-refractivity contribution in [2.75, 3.05) is 13.2 Å². The van der Waals surface area contributed by atoms with Gasteiger partial charge in [-0.2, -0.15) is 0 Å². The number of aliphatic hydroxyl groups is 1. The average Bonchev–Trinajstić information content (AvgIpc) is 3.35. The van der Waals surface area contributed by atoms with Crippen molar-refractivity contribution in [1.29, 1.82) is 0 Å². The predicted octanol–water partition coefficient (Wildman–Crippen LogP) is 5.11. The van der Waals surface area contributed by atoms with E-state index in [9.17, 15) is 5.11 Å². The molecule has 1 aromatic heterocycles. The van der Waals surface area contributed by atoms with Crippen molar-refractivity contribution in [2.45, 2.75) is 58.4 Å². The summed E-state index contributed by atoms with van der Waals surface area (Å²) < 4.78 is 12.0. The molecule has 1 N–H and O–H groups in total. The largest absolute Gasteiger partial charge is 0.461 e. The number of hydrogen-bond acceptors (Lipinski definition) is 4. The average molecular weight is 396 g/mol. The summed E-state index contributed by atoms with van der Waals surface area (Å²) in [6.07, 6.45) is 2.48. The van der Waals surface area contributed by atoms with Crippen molar-refractivity contribution < 1.29 is 14.3 Å². The van der Waals surface area contributed by atoms with Crippen molar-refractivity contribution in [3.05, 3.63) is 83.3 Å².